The van der Waals surface area contributed by atoms with Crippen molar-refractivity contribution in [3.8, 4) is 5.75 Å². The Morgan fingerprint density at radius 1 is 1.04 bits per heavy atom. The molecule has 2 aromatic carbocycles. The number of alkyl halides is 2. The summed E-state index contributed by atoms with van der Waals surface area (Å²) in [6.07, 6.45) is 2.15. The van der Waals surface area contributed by atoms with Crippen LogP contribution in [0.4, 0.5) is 14.5 Å². The molecule has 2 aromatic rings. The predicted octanol–water partition coefficient (Wildman–Crippen LogP) is 3.96. The normalized spacial score (nSPS) is 13.8. The Balaban J connectivity index is 1.56. The van der Waals surface area contributed by atoms with Crippen molar-refractivity contribution in [1.29, 1.82) is 0 Å². The van der Waals surface area contributed by atoms with Gasteiger partial charge in [-0.3, -0.25) is 4.79 Å². The molecule has 0 aromatic heterocycles. The molecular formula is C20H19F2NO4. The molecule has 3 rings (SSSR count). The summed E-state index contributed by atoms with van der Waals surface area (Å²) in [5, 5.41) is 2.74. The van der Waals surface area contributed by atoms with Crippen LogP contribution in [0.2, 0.25) is 0 Å². The van der Waals surface area contributed by atoms with Gasteiger partial charge in [0.15, 0.2) is 6.10 Å². The van der Waals surface area contributed by atoms with Gasteiger partial charge in [0.2, 0.25) is 0 Å². The van der Waals surface area contributed by atoms with E-state index < -0.39 is 24.6 Å². The topological polar surface area (TPSA) is 64.6 Å². The Kier molecular flexibility index (Phi) is 5.69. The van der Waals surface area contributed by atoms with Gasteiger partial charge in [-0.05, 0) is 73.7 Å². The highest BCUT2D eigenvalue weighted by molar-refractivity contribution is 5.97. The van der Waals surface area contributed by atoms with Crippen LogP contribution in [0.25, 0.3) is 0 Å². The van der Waals surface area contributed by atoms with Gasteiger partial charge in [0.05, 0.1) is 5.56 Å². The minimum atomic E-state index is -2.94. The van der Waals surface area contributed by atoms with Crippen LogP contribution in [0.5, 0.6) is 5.75 Å². The number of aryl methyl sites for hydroxylation is 2. The standard InChI is InChI=1S/C20H19F2NO4/c1-12(18(24)23-16-8-5-13-3-2-4-15(13)11-16)26-19(25)14-6-9-17(10-7-14)27-20(21)22/h5-12,20H,2-4H2,1H3,(H,23,24)/t12-/m0/s1. The number of carbonyl (C=O) groups is 2. The lowest BCUT2D eigenvalue weighted by Crippen LogP contribution is -2.30. The number of halogens is 2. The quantitative estimate of drug-likeness (QED) is 0.777. The molecule has 0 radical (unpaired) electrons. The molecule has 142 valence electrons. The van der Waals surface area contributed by atoms with Crippen LogP contribution in [-0.4, -0.2) is 24.6 Å². The summed E-state index contributed by atoms with van der Waals surface area (Å²) in [4.78, 5) is 24.4. The van der Waals surface area contributed by atoms with Gasteiger partial charge < -0.3 is 14.8 Å². The third kappa shape index (κ3) is 4.81. The van der Waals surface area contributed by atoms with E-state index in [0.717, 1.165) is 19.3 Å². The van der Waals surface area contributed by atoms with E-state index in [1.807, 2.05) is 18.2 Å². The van der Waals surface area contributed by atoms with Crippen LogP contribution in [0.1, 0.15) is 34.8 Å². The molecule has 0 bridgehead atoms. The summed E-state index contributed by atoms with van der Waals surface area (Å²) in [5.74, 6) is -1.24. The summed E-state index contributed by atoms with van der Waals surface area (Å²) < 4.78 is 33.6. The molecule has 1 aliphatic carbocycles. The van der Waals surface area contributed by atoms with E-state index >= 15 is 0 Å². The maximum atomic E-state index is 12.3. The third-order valence-corrected chi connectivity index (χ3v) is 4.33. The van der Waals surface area contributed by atoms with Crippen molar-refractivity contribution in [3.63, 3.8) is 0 Å². The molecule has 0 saturated carbocycles. The average molecular weight is 375 g/mol. The summed E-state index contributed by atoms with van der Waals surface area (Å²) in [7, 11) is 0. The molecule has 1 N–H and O–H groups in total. The van der Waals surface area contributed by atoms with Gasteiger partial charge in [-0.2, -0.15) is 8.78 Å². The molecule has 0 unspecified atom stereocenters. The molecule has 1 amide bonds. The maximum Gasteiger partial charge on any atom is 0.387 e. The Morgan fingerprint density at radius 3 is 2.44 bits per heavy atom. The summed E-state index contributed by atoms with van der Waals surface area (Å²) >= 11 is 0. The van der Waals surface area contributed by atoms with Crippen LogP contribution in [-0.2, 0) is 22.4 Å². The van der Waals surface area contributed by atoms with Gasteiger partial charge in [0.25, 0.3) is 5.91 Å². The molecule has 0 spiro atoms. The lowest BCUT2D eigenvalue weighted by molar-refractivity contribution is -0.123. The number of benzene rings is 2. The van der Waals surface area contributed by atoms with E-state index in [2.05, 4.69) is 10.1 Å². The number of carbonyl (C=O) groups excluding carboxylic acids is 2. The maximum absolute atomic E-state index is 12.3. The highest BCUT2D eigenvalue weighted by atomic mass is 19.3. The number of amides is 1. The fourth-order valence-corrected chi connectivity index (χ4v) is 2.95. The second-order valence-electron chi connectivity index (χ2n) is 6.28. The van der Waals surface area contributed by atoms with Crippen molar-refractivity contribution >= 4 is 17.6 Å². The van der Waals surface area contributed by atoms with E-state index in [9.17, 15) is 18.4 Å². The van der Waals surface area contributed by atoms with Crippen molar-refractivity contribution in [2.24, 2.45) is 0 Å². The fraction of sp³-hybridized carbons (Fsp3) is 0.300. The first-order chi connectivity index (χ1) is 12.9. The second kappa shape index (κ2) is 8.16. The summed E-state index contributed by atoms with van der Waals surface area (Å²) in [6.45, 7) is -1.47. The second-order valence-corrected chi connectivity index (χ2v) is 6.28. The van der Waals surface area contributed by atoms with E-state index in [4.69, 9.17) is 4.74 Å². The largest absolute Gasteiger partial charge is 0.449 e. The average Bonchev–Trinajstić information content (AvgIpc) is 3.09. The molecular weight excluding hydrogens is 356 g/mol. The van der Waals surface area contributed by atoms with Crippen molar-refractivity contribution in [2.75, 3.05) is 5.32 Å². The summed E-state index contributed by atoms with van der Waals surface area (Å²) in [5.41, 5.74) is 3.32. The van der Waals surface area contributed by atoms with Gasteiger partial charge in [-0.15, -0.1) is 0 Å². The zero-order valence-corrected chi connectivity index (χ0v) is 14.7. The molecule has 1 aliphatic rings. The smallest absolute Gasteiger partial charge is 0.387 e. The van der Waals surface area contributed by atoms with Crippen molar-refractivity contribution < 1.29 is 27.8 Å². The van der Waals surface area contributed by atoms with Crippen LogP contribution in [0.15, 0.2) is 42.5 Å². The minimum absolute atomic E-state index is 0.0658. The first-order valence-corrected chi connectivity index (χ1v) is 8.61. The van der Waals surface area contributed by atoms with Crippen LogP contribution >= 0.6 is 0 Å². The van der Waals surface area contributed by atoms with Crippen molar-refractivity contribution in [3.05, 3.63) is 59.2 Å². The SMILES string of the molecule is C[C@H](OC(=O)c1ccc(OC(F)F)cc1)C(=O)Nc1ccc2c(c1)CCC2. The molecule has 0 fully saturated rings. The number of nitrogens with one attached hydrogen (secondary N) is 1. The van der Waals surface area contributed by atoms with E-state index in [-0.39, 0.29) is 11.3 Å². The van der Waals surface area contributed by atoms with Crippen LogP contribution in [0.3, 0.4) is 0 Å². The molecule has 5 nitrogen and oxygen atoms in total. The number of rotatable bonds is 6. The predicted molar refractivity (Wildman–Crippen MR) is 95.0 cm³/mol. The van der Waals surface area contributed by atoms with Gasteiger partial charge in [-0.25, -0.2) is 4.79 Å². The first-order valence-electron chi connectivity index (χ1n) is 8.61. The molecule has 0 aliphatic heterocycles. The number of esters is 1. The van der Waals surface area contributed by atoms with Crippen LogP contribution < -0.4 is 10.1 Å². The molecule has 0 heterocycles. The van der Waals surface area contributed by atoms with Crippen molar-refractivity contribution in [1.82, 2.24) is 0 Å². The van der Waals surface area contributed by atoms with Gasteiger partial charge in [-0.1, -0.05) is 6.07 Å². The number of anilines is 1. The van der Waals surface area contributed by atoms with Crippen molar-refractivity contribution in [2.45, 2.75) is 38.9 Å². The zero-order chi connectivity index (χ0) is 19.4. The Morgan fingerprint density at radius 2 is 1.74 bits per heavy atom. The zero-order valence-electron chi connectivity index (χ0n) is 14.7. The first kappa shape index (κ1) is 18.8. The van der Waals surface area contributed by atoms with Gasteiger partial charge >= 0.3 is 12.6 Å². The highest BCUT2D eigenvalue weighted by Gasteiger charge is 2.20. The molecule has 7 heteroatoms. The Bertz CT molecular complexity index is 836. The lowest BCUT2D eigenvalue weighted by atomic mass is 10.1. The number of hydrogen-bond donors (Lipinski definition) is 1. The third-order valence-electron chi connectivity index (χ3n) is 4.33. The number of fused-ring (bicyclic) bond motifs is 1. The van der Waals surface area contributed by atoms with Gasteiger partial charge in [0, 0.05) is 5.69 Å². The number of ether oxygens (including phenoxy) is 2. The highest BCUT2D eigenvalue weighted by Crippen LogP contribution is 2.25. The summed E-state index contributed by atoms with van der Waals surface area (Å²) in [6, 6.07) is 10.8. The van der Waals surface area contributed by atoms with Gasteiger partial charge in [0.1, 0.15) is 5.75 Å². The lowest BCUT2D eigenvalue weighted by Gasteiger charge is -2.14. The Hall–Kier alpha value is -2.96. The number of hydrogen-bond acceptors (Lipinski definition) is 4. The minimum Gasteiger partial charge on any atom is -0.449 e. The van der Waals surface area contributed by atoms with E-state index in [1.165, 1.54) is 42.3 Å². The molecule has 27 heavy (non-hydrogen) atoms. The van der Waals surface area contributed by atoms with Crippen LogP contribution in [0, 0.1) is 0 Å². The Labute approximate surface area is 155 Å². The molecule has 0 saturated heterocycles. The fourth-order valence-electron chi connectivity index (χ4n) is 2.95. The van der Waals surface area contributed by atoms with E-state index in [1.54, 1.807) is 0 Å². The molecule has 1 atom stereocenters. The van der Waals surface area contributed by atoms with E-state index in [0.29, 0.717) is 5.69 Å². The monoisotopic (exact) mass is 375 g/mol.